The van der Waals surface area contributed by atoms with E-state index in [-0.39, 0.29) is 6.54 Å². The number of carboxylic acid groups (broad SMARTS) is 1. The summed E-state index contributed by atoms with van der Waals surface area (Å²) < 4.78 is 0. The van der Waals surface area contributed by atoms with Gasteiger partial charge in [-0.1, -0.05) is 0 Å². The summed E-state index contributed by atoms with van der Waals surface area (Å²) in [5.74, 6) is -0.932. The van der Waals surface area contributed by atoms with E-state index in [2.05, 4.69) is 5.32 Å². The summed E-state index contributed by atoms with van der Waals surface area (Å²) in [6.07, 6.45) is 1.11. The lowest BCUT2D eigenvalue weighted by atomic mass is 10.1. The topological polar surface area (TPSA) is 99.1 Å². The molecule has 0 rings (SSSR count). The van der Waals surface area contributed by atoms with Crippen LogP contribution < -0.4 is 11.1 Å². The van der Waals surface area contributed by atoms with Gasteiger partial charge in [0.2, 0.25) is 0 Å². The third kappa shape index (κ3) is 4.66. The van der Waals surface area contributed by atoms with E-state index in [0.29, 0.717) is 19.4 Å². The first-order valence-electron chi connectivity index (χ1n) is 3.75. The van der Waals surface area contributed by atoms with Gasteiger partial charge in [-0.25, -0.2) is 0 Å². The predicted molar refractivity (Wildman–Crippen MR) is 43.3 cm³/mol. The standard InChI is InChI=1S/C7H13N3O2/c8-3-1-2-6(7(11)12)10-5-4-9/h6,10H,1-3,5,8H2,(H,11,12). The van der Waals surface area contributed by atoms with Gasteiger partial charge in [-0.15, -0.1) is 0 Å². The monoisotopic (exact) mass is 171 g/mol. The highest BCUT2D eigenvalue weighted by Gasteiger charge is 2.14. The average Bonchev–Trinajstić information content (AvgIpc) is 2.04. The molecule has 0 aromatic heterocycles. The van der Waals surface area contributed by atoms with Crippen molar-refractivity contribution in [3.8, 4) is 6.07 Å². The molecule has 5 heteroatoms. The maximum Gasteiger partial charge on any atom is 0.320 e. The van der Waals surface area contributed by atoms with Crippen LogP contribution in [0, 0.1) is 11.3 Å². The Morgan fingerprint density at radius 1 is 1.75 bits per heavy atom. The van der Waals surface area contributed by atoms with Crippen molar-refractivity contribution >= 4 is 5.97 Å². The van der Waals surface area contributed by atoms with Gasteiger partial charge in [0.1, 0.15) is 6.04 Å². The molecule has 1 unspecified atom stereocenters. The Bertz CT molecular complexity index is 176. The van der Waals surface area contributed by atoms with Gasteiger partial charge < -0.3 is 10.8 Å². The van der Waals surface area contributed by atoms with Crippen LogP contribution in [0.5, 0.6) is 0 Å². The van der Waals surface area contributed by atoms with Crippen LogP contribution in [0.4, 0.5) is 0 Å². The van der Waals surface area contributed by atoms with E-state index in [1.54, 1.807) is 0 Å². The minimum absolute atomic E-state index is 0.0571. The number of hydrogen-bond donors (Lipinski definition) is 3. The highest BCUT2D eigenvalue weighted by atomic mass is 16.4. The van der Waals surface area contributed by atoms with E-state index in [1.165, 1.54) is 0 Å². The Morgan fingerprint density at radius 2 is 2.42 bits per heavy atom. The van der Waals surface area contributed by atoms with Crippen LogP contribution in [-0.2, 0) is 4.79 Å². The Kier molecular flexibility index (Phi) is 5.97. The van der Waals surface area contributed by atoms with Crippen molar-refractivity contribution in [2.24, 2.45) is 5.73 Å². The highest BCUT2D eigenvalue weighted by molar-refractivity contribution is 5.73. The lowest BCUT2D eigenvalue weighted by Crippen LogP contribution is -2.37. The molecule has 0 aliphatic rings. The number of aliphatic carboxylic acids is 1. The van der Waals surface area contributed by atoms with Crippen LogP contribution in [-0.4, -0.2) is 30.2 Å². The molecule has 0 saturated heterocycles. The van der Waals surface area contributed by atoms with Gasteiger partial charge in [0.05, 0.1) is 12.6 Å². The van der Waals surface area contributed by atoms with Crippen LogP contribution >= 0.6 is 0 Å². The fourth-order valence-corrected chi connectivity index (χ4v) is 0.804. The summed E-state index contributed by atoms with van der Waals surface area (Å²) in [4.78, 5) is 10.5. The summed E-state index contributed by atoms with van der Waals surface area (Å²) in [7, 11) is 0. The Balaban J connectivity index is 3.72. The summed E-state index contributed by atoms with van der Waals surface area (Å²) in [5.41, 5.74) is 5.22. The van der Waals surface area contributed by atoms with E-state index in [0.717, 1.165) is 0 Å². The highest BCUT2D eigenvalue weighted by Crippen LogP contribution is 1.95. The number of nitrogens with one attached hydrogen (secondary N) is 1. The number of carbonyl (C=O) groups is 1. The average molecular weight is 171 g/mol. The number of hydrogen-bond acceptors (Lipinski definition) is 4. The molecule has 0 saturated carbocycles. The first-order chi connectivity index (χ1) is 5.72. The summed E-state index contributed by atoms with van der Waals surface area (Å²) in [6, 6.07) is 1.18. The first kappa shape index (κ1) is 10.9. The molecule has 0 aromatic carbocycles. The molecule has 0 aliphatic heterocycles. The zero-order valence-corrected chi connectivity index (χ0v) is 6.79. The van der Waals surface area contributed by atoms with Crippen LogP contribution in [0.2, 0.25) is 0 Å². The lowest BCUT2D eigenvalue weighted by Gasteiger charge is -2.10. The molecule has 0 aliphatic carbocycles. The Morgan fingerprint density at radius 3 is 2.83 bits per heavy atom. The zero-order valence-electron chi connectivity index (χ0n) is 6.79. The van der Waals surface area contributed by atoms with Gasteiger partial charge in [0.15, 0.2) is 0 Å². The maximum absolute atomic E-state index is 10.5. The fraction of sp³-hybridized carbons (Fsp3) is 0.714. The Labute approximate surface area is 71.2 Å². The van der Waals surface area contributed by atoms with Gasteiger partial charge in [0, 0.05) is 0 Å². The van der Waals surface area contributed by atoms with E-state index in [9.17, 15) is 4.79 Å². The fourth-order valence-electron chi connectivity index (χ4n) is 0.804. The van der Waals surface area contributed by atoms with Crippen molar-refractivity contribution in [1.29, 1.82) is 5.26 Å². The number of rotatable bonds is 6. The summed E-state index contributed by atoms with van der Waals surface area (Å²) in [5, 5.41) is 19.4. The van der Waals surface area contributed by atoms with Crippen LogP contribution in [0.25, 0.3) is 0 Å². The van der Waals surface area contributed by atoms with Crippen molar-refractivity contribution in [3.05, 3.63) is 0 Å². The molecule has 0 spiro atoms. The van der Waals surface area contributed by atoms with Crippen molar-refractivity contribution < 1.29 is 9.90 Å². The second-order valence-electron chi connectivity index (χ2n) is 2.36. The van der Waals surface area contributed by atoms with Gasteiger partial charge in [-0.05, 0) is 19.4 Å². The second kappa shape index (κ2) is 6.58. The smallest absolute Gasteiger partial charge is 0.320 e. The van der Waals surface area contributed by atoms with Gasteiger partial charge in [0.25, 0.3) is 0 Å². The Hall–Kier alpha value is -1.12. The molecule has 0 radical (unpaired) electrons. The van der Waals surface area contributed by atoms with Crippen molar-refractivity contribution in [1.82, 2.24) is 5.32 Å². The third-order valence-corrected chi connectivity index (χ3v) is 1.42. The van der Waals surface area contributed by atoms with E-state index >= 15 is 0 Å². The SMILES string of the molecule is N#CCNC(CCCN)C(=O)O. The van der Waals surface area contributed by atoms with Crippen LogP contribution in [0.1, 0.15) is 12.8 Å². The van der Waals surface area contributed by atoms with Crippen molar-refractivity contribution in [3.63, 3.8) is 0 Å². The summed E-state index contributed by atoms with van der Waals surface area (Å²) >= 11 is 0. The molecule has 0 amide bonds. The molecule has 1 atom stereocenters. The predicted octanol–water partition coefficient (Wildman–Crippen LogP) is -0.708. The van der Waals surface area contributed by atoms with Crippen LogP contribution in [0.3, 0.4) is 0 Å². The van der Waals surface area contributed by atoms with Crippen molar-refractivity contribution in [2.75, 3.05) is 13.1 Å². The van der Waals surface area contributed by atoms with Crippen molar-refractivity contribution in [2.45, 2.75) is 18.9 Å². The second-order valence-corrected chi connectivity index (χ2v) is 2.36. The molecule has 12 heavy (non-hydrogen) atoms. The molecule has 68 valence electrons. The number of nitrogens with zero attached hydrogens (tertiary/aromatic N) is 1. The molecule has 0 aromatic rings. The molecular weight excluding hydrogens is 158 g/mol. The molecule has 0 fully saturated rings. The van der Waals surface area contributed by atoms with E-state index in [4.69, 9.17) is 16.1 Å². The molecule has 5 nitrogen and oxygen atoms in total. The maximum atomic E-state index is 10.5. The minimum Gasteiger partial charge on any atom is -0.480 e. The lowest BCUT2D eigenvalue weighted by molar-refractivity contribution is -0.139. The first-order valence-corrected chi connectivity index (χ1v) is 3.75. The molecule has 0 bridgehead atoms. The van der Waals surface area contributed by atoms with Gasteiger partial charge in [-0.3, -0.25) is 10.1 Å². The normalized spacial score (nSPS) is 12.0. The minimum atomic E-state index is -0.932. The number of nitriles is 1. The number of nitrogens with two attached hydrogens (primary N) is 1. The van der Waals surface area contributed by atoms with E-state index in [1.807, 2.05) is 6.07 Å². The van der Waals surface area contributed by atoms with Crippen LogP contribution in [0.15, 0.2) is 0 Å². The van der Waals surface area contributed by atoms with E-state index < -0.39 is 12.0 Å². The molecular formula is C7H13N3O2. The number of carboxylic acids is 1. The third-order valence-electron chi connectivity index (χ3n) is 1.42. The summed E-state index contributed by atoms with van der Waals surface area (Å²) in [6.45, 7) is 0.527. The quantitative estimate of drug-likeness (QED) is 0.458. The zero-order chi connectivity index (χ0) is 9.40. The largest absolute Gasteiger partial charge is 0.480 e. The molecule has 0 heterocycles. The van der Waals surface area contributed by atoms with Gasteiger partial charge >= 0.3 is 5.97 Å². The molecule has 4 N–H and O–H groups in total. The van der Waals surface area contributed by atoms with Gasteiger partial charge in [-0.2, -0.15) is 5.26 Å².